The minimum atomic E-state index is 0.497. The summed E-state index contributed by atoms with van der Waals surface area (Å²) in [5.41, 5.74) is 2.97. The molecule has 0 aliphatic rings. The third-order valence-corrected chi connectivity index (χ3v) is 4.52. The van der Waals surface area contributed by atoms with Gasteiger partial charge in [-0.15, -0.1) is 0 Å². The molecule has 0 radical (unpaired) electrons. The summed E-state index contributed by atoms with van der Waals surface area (Å²) in [6, 6.07) is 21.3. The highest BCUT2D eigenvalue weighted by Gasteiger charge is 2.08. The minimum Gasteiger partial charge on any atom is -0.490 e. The summed E-state index contributed by atoms with van der Waals surface area (Å²) in [7, 11) is 0. The zero-order valence-electron chi connectivity index (χ0n) is 15.0. The monoisotopic (exact) mass is 401 g/mol. The Morgan fingerprint density at radius 3 is 2.41 bits per heavy atom. The lowest BCUT2D eigenvalue weighted by molar-refractivity contribution is 0.269. The Bertz CT molecular complexity index is 885. The summed E-state index contributed by atoms with van der Waals surface area (Å²) < 4.78 is 11.7. The van der Waals surface area contributed by atoms with Crippen LogP contribution in [0.15, 0.2) is 66.7 Å². The molecular formula is C22H21Cl2NO2. The Morgan fingerprint density at radius 1 is 0.815 bits per heavy atom. The predicted octanol–water partition coefficient (Wildman–Crippen LogP) is 6.58. The molecule has 0 fully saturated rings. The number of anilines is 1. The fraction of sp³-hybridized carbons (Fsp3) is 0.182. The minimum absolute atomic E-state index is 0.497. The molecule has 0 atom stereocenters. The number of nitrogens with one attached hydrogen (secondary N) is 1. The first kappa shape index (κ1) is 19.4. The summed E-state index contributed by atoms with van der Waals surface area (Å²) in [5.74, 6) is 1.45. The fourth-order valence-corrected chi connectivity index (χ4v) is 2.97. The van der Waals surface area contributed by atoms with E-state index in [1.54, 1.807) is 12.1 Å². The van der Waals surface area contributed by atoms with E-state index in [0.29, 0.717) is 29.8 Å². The van der Waals surface area contributed by atoms with Crippen LogP contribution in [0.4, 0.5) is 5.69 Å². The van der Waals surface area contributed by atoms with Gasteiger partial charge in [0.05, 0.1) is 17.3 Å². The van der Waals surface area contributed by atoms with Crippen LogP contribution in [-0.2, 0) is 13.2 Å². The van der Waals surface area contributed by atoms with Crippen molar-refractivity contribution in [2.45, 2.75) is 20.1 Å². The molecule has 27 heavy (non-hydrogen) atoms. The van der Waals surface area contributed by atoms with Gasteiger partial charge in [-0.1, -0.05) is 59.6 Å². The van der Waals surface area contributed by atoms with Gasteiger partial charge in [-0.3, -0.25) is 0 Å². The summed E-state index contributed by atoms with van der Waals surface area (Å²) >= 11 is 12.2. The van der Waals surface area contributed by atoms with E-state index in [0.717, 1.165) is 28.3 Å². The van der Waals surface area contributed by atoms with Crippen LogP contribution in [0, 0.1) is 0 Å². The van der Waals surface area contributed by atoms with Gasteiger partial charge in [-0.25, -0.2) is 0 Å². The van der Waals surface area contributed by atoms with Crippen LogP contribution in [0.1, 0.15) is 18.1 Å². The third-order valence-electron chi connectivity index (χ3n) is 3.96. The maximum Gasteiger partial charge on any atom is 0.161 e. The first-order valence-corrected chi connectivity index (χ1v) is 9.52. The normalized spacial score (nSPS) is 10.5. The van der Waals surface area contributed by atoms with Crippen LogP contribution in [0.25, 0.3) is 0 Å². The Balaban J connectivity index is 1.69. The molecule has 3 aromatic rings. The molecule has 3 nitrogen and oxygen atoms in total. The van der Waals surface area contributed by atoms with E-state index >= 15 is 0 Å². The van der Waals surface area contributed by atoms with Crippen molar-refractivity contribution >= 4 is 28.9 Å². The molecule has 3 rings (SSSR count). The number of halogens is 2. The molecule has 140 valence electrons. The number of hydrogen-bond donors (Lipinski definition) is 1. The van der Waals surface area contributed by atoms with Gasteiger partial charge in [0.1, 0.15) is 6.61 Å². The van der Waals surface area contributed by atoms with Gasteiger partial charge < -0.3 is 14.8 Å². The van der Waals surface area contributed by atoms with Gasteiger partial charge in [-0.2, -0.15) is 0 Å². The van der Waals surface area contributed by atoms with Crippen LogP contribution in [-0.4, -0.2) is 6.61 Å². The highest BCUT2D eigenvalue weighted by molar-refractivity contribution is 6.35. The molecule has 0 aliphatic carbocycles. The largest absolute Gasteiger partial charge is 0.490 e. The second kappa shape index (κ2) is 9.54. The van der Waals surface area contributed by atoms with Crippen LogP contribution < -0.4 is 14.8 Å². The van der Waals surface area contributed by atoms with Crippen LogP contribution in [0.3, 0.4) is 0 Å². The van der Waals surface area contributed by atoms with E-state index < -0.39 is 0 Å². The average Bonchev–Trinajstić information content (AvgIpc) is 2.69. The third kappa shape index (κ3) is 5.56. The lowest BCUT2D eigenvalue weighted by atomic mass is 10.2. The van der Waals surface area contributed by atoms with E-state index in [1.807, 2.05) is 61.5 Å². The van der Waals surface area contributed by atoms with Gasteiger partial charge in [0.15, 0.2) is 11.5 Å². The van der Waals surface area contributed by atoms with Crippen molar-refractivity contribution < 1.29 is 9.47 Å². The highest BCUT2D eigenvalue weighted by atomic mass is 35.5. The number of rotatable bonds is 8. The maximum atomic E-state index is 6.20. The second-order valence-electron chi connectivity index (χ2n) is 5.97. The molecule has 3 aromatic carbocycles. The number of benzene rings is 3. The summed E-state index contributed by atoms with van der Waals surface area (Å²) in [5, 5.41) is 4.58. The Kier molecular flexibility index (Phi) is 6.86. The quantitative estimate of drug-likeness (QED) is 0.462. The number of hydrogen-bond acceptors (Lipinski definition) is 3. The van der Waals surface area contributed by atoms with Crippen LogP contribution in [0.5, 0.6) is 11.5 Å². The summed E-state index contributed by atoms with van der Waals surface area (Å²) in [6.45, 7) is 3.62. The van der Waals surface area contributed by atoms with E-state index in [-0.39, 0.29) is 0 Å². The maximum absolute atomic E-state index is 6.20. The van der Waals surface area contributed by atoms with Crippen molar-refractivity contribution in [3.8, 4) is 11.5 Å². The van der Waals surface area contributed by atoms with Crippen molar-refractivity contribution in [3.63, 3.8) is 0 Å². The molecule has 0 saturated heterocycles. The van der Waals surface area contributed by atoms with Gasteiger partial charge in [0.2, 0.25) is 0 Å². The van der Waals surface area contributed by atoms with Crippen molar-refractivity contribution in [2.24, 2.45) is 0 Å². The van der Waals surface area contributed by atoms with Crippen LogP contribution in [0.2, 0.25) is 10.0 Å². The van der Waals surface area contributed by atoms with Gasteiger partial charge in [0.25, 0.3) is 0 Å². The molecule has 0 saturated carbocycles. The van der Waals surface area contributed by atoms with Gasteiger partial charge in [-0.05, 0) is 48.4 Å². The molecule has 0 aliphatic heterocycles. The zero-order valence-corrected chi connectivity index (χ0v) is 16.6. The summed E-state index contributed by atoms with van der Waals surface area (Å²) in [6.07, 6.45) is 0. The van der Waals surface area contributed by atoms with Gasteiger partial charge >= 0.3 is 0 Å². The highest BCUT2D eigenvalue weighted by Crippen LogP contribution is 2.30. The van der Waals surface area contributed by atoms with Gasteiger partial charge in [0, 0.05) is 11.6 Å². The molecule has 0 heterocycles. The molecular weight excluding hydrogens is 381 g/mol. The lowest BCUT2D eigenvalue weighted by Gasteiger charge is -2.14. The van der Waals surface area contributed by atoms with Crippen LogP contribution >= 0.6 is 23.2 Å². The summed E-state index contributed by atoms with van der Waals surface area (Å²) in [4.78, 5) is 0. The van der Waals surface area contributed by atoms with Crippen molar-refractivity contribution in [2.75, 3.05) is 11.9 Å². The first-order chi connectivity index (χ1) is 13.2. The molecule has 1 N–H and O–H groups in total. The van der Waals surface area contributed by atoms with E-state index in [4.69, 9.17) is 32.7 Å². The molecule has 0 aromatic heterocycles. The van der Waals surface area contributed by atoms with E-state index in [2.05, 4.69) is 5.32 Å². The Morgan fingerprint density at radius 2 is 1.63 bits per heavy atom. The molecule has 5 heteroatoms. The van der Waals surface area contributed by atoms with Crippen molar-refractivity contribution in [3.05, 3.63) is 87.9 Å². The standard InChI is InChI=1S/C22H21Cl2NO2/c1-2-26-22-12-17(14-25-20-13-18(23)9-10-19(20)24)8-11-21(22)27-15-16-6-4-3-5-7-16/h3-13,25H,2,14-15H2,1H3. The van der Waals surface area contributed by atoms with Crippen molar-refractivity contribution in [1.82, 2.24) is 0 Å². The topological polar surface area (TPSA) is 30.5 Å². The fourth-order valence-electron chi connectivity index (χ4n) is 2.62. The van der Waals surface area contributed by atoms with E-state index in [1.165, 1.54) is 0 Å². The smallest absolute Gasteiger partial charge is 0.161 e. The SMILES string of the molecule is CCOc1cc(CNc2cc(Cl)ccc2Cl)ccc1OCc1ccccc1. The second-order valence-corrected chi connectivity index (χ2v) is 6.81. The molecule has 0 unspecified atom stereocenters. The molecule has 0 spiro atoms. The first-order valence-electron chi connectivity index (χ1n) is 8.77. The number of ether oxygens (including phenoxy) is 2. The molecule has 0 amide bonds. The molecule has 0 bridgehead atoms. The average molecular weight is 402 g/mol. The Labute approximate surface area is 169 Å². The van der Waals surface area contributed by atoms with E-state index in [9.17, 15) is 0 Å². The van der Waals surface area contributed by atoms with Crippen molar-refractivity contribution in [1.29, 1.82) is 0 Å². The lowest BCUT2D eigenvalue weighted by Crippen LogP contribution is -2.03. The zero-order chi connectivity index (χ0) is 19.1. The predicted molar refractivity (Wildman–Crippen MR) is 112 cm³/mol. The Hall–Kier alpha value is -2.36.